The van der Waals surface area contributed by atoms with Gasteiger partial charge in [-0.2, -0.15) is 8.42 Å². The number of imide groups is 1. The quantitative estimate of drug-likeness (QED) is 0.342. The van der Waals surface area contributed by atoms with E-state index in [-0.39, 0.29) is 46.3 Å². The van der Waals surface area contributed by atoms with Crippen LogP contribution in [-0.2, 0) is 29.2 Å². The molecular weight excluding hydrogens is 562 g/mol. The average Bonchev–Trinajstić information content (AvgIpc) is 3.18. The van der Waals surface area contributed by atoms with Crippen molar-refractivity contribution in [3.63, 3.8) is 0 Å². The van der Waals surface area contributed by atoms with Crippen LogP contribution in [-0.4, -0.2) is 80.6 Å². The molecule has 0 aromatic heterocycles. The number of hydrogen-bond acceptors (Lipinski definition) is 10. The van der Waals surface area contributed by atoms with Gasteiger partial charge in [-0.25, -0.2) is 0 Å². The summed E-state index contributed by atoms with van der Waals surface area (Å²) in [5.41, 5.74) is 0.888. The van der Waals surface area contributed by atoms with E-state index in [2.05, 4.69) is 5.32 Å². The molecule has 2 aromatic carbocycles. The third-order valence-corrected chi connectivity index (χ3v) is 7.91. The van der Waals surface area contributed by atoms with Crippen molar-refractivity contribution in [1.29, 1.82) is 0 Å². The topological polar surface area (TPSA) is 149 Å². The van der Waals surface area contributed by atoms with Crippen molar-refractivity contribution in [2.24, 2.45) is 0 Å². The molecule has 1 N–H and O–H groups in total. The van der Waals surface area contributed by atoms with E-state index in [0.29, 0.717) is 49.3 Å². The average molecular weight is 590 g/mol. The highest BCUT2D eigenvalue weighted by molar-refractivity contribution is 8.18. The lowest BCUT2D eigenvalue weighted by molar-refractivity contribution is -0.139. The van der Waals surface area contributed by atoms with E-state index in [1.165, 1.54) is 55.5 Å². The first kappa shape index (κ1) is 29.1. The molecule has 2 aliphatic rings. The minimum absolute atomic E-state index is 0.0749. The van der Waals surface area contributed by atoms with Crippen LogP contribution in [0, 0.1) is 0 Å². The molecule has 0 bridgehead atoms. The maximum Gasteiger partial charge on any atom is 0.339 e. The summed E-state index contributed by atoms with van der Waals surface area (Å²) in [6, 6.07) is 9.86. The number of hydrogen-bond donors (Lipinski definition) is 1. The number of nitrogens with zero attached hydrogens (tertiary/aromatic N) is 2. The molecule has 12 nitrogen and oxygen atoms in total. The number of nitrogens with one attached hydrogen (secondary N) is 1. The Hall–Kier alpha value is -3.88. The fourth-order valence-corrected chi connectivity index (χ4v) is 5.64. The fraction of sp³-hybridized carbons (Fsp3) is 0.308. The predicted octanol–water partition coefficient (Wildman–Crippen LogP) is 2.71. The summed E-state index contributed by atoms with van der Waals surface area (Å²) in [5.74, 6) is -1.19. The van der Waals surface area contributed by atoms with Gasteiger partial charge in [0.15, 0.2) is 11.5 Å². The summed E-state index contributed by atoms with van der Waals surface area (Å²) in [6.45, 7) is 4.50. The summed E-state index contributed by atoms with van der Waals surface area (Å²) in [6.07, 6.45) is 1.46. The molecule has 2 aromatic rings. The second-order valence-electron chi connectivity index (χ2n) is 8.64. The molecular formula is C26H27N3O9S2. The first-order valence-corrected chi connectivity index (χ1v) is 14.5. The largest absolute Gasteiger partial charge is 0.490 e. The van der Waals surface area contributed by atoms with Crippen molar-refractivity contribution in [1.82, 2.24) is 9.80 Å². The molecule has 4 amide bonds. The zero-order valence-corrected chi connectivity index (χ0v) is 23.4. The lowest BCUT2D eigenvalue weighted by Gasteiger charge is -2.28. The van der Waals surface area contributed by atoms with Gasteiger partial charge in [-0.1, -0.05) is 6.07 Å². The maximum atomic E-state index is 12.9. The van der Waals surface area contributed by atoms with Crippen molar-refractivity contribution in [3.05, 3.63) is 52.9 Å². The minimum Gasteiger partial charge on any atom is -0.490 e. The number of thioether (sulfide) groups is 1. The second kappa shape index (κ2) is 12.5. The molecule has 14 heteroatoms. The molecule has 0 radical (unpaired) electrons. The van der Waals surface area contributed by atoms with Crippen molar-refractivity contribution in [2.75, 3.05) is 44.8 Å². The molecule has 2 saturated heterocycles. The Morgan fingerprint density at radius 3 is 2.42 bits per heavy atom. The van der Waals surface area contributed by atoms with Crippen molar-refractivity contribution >= 4 is 56.6 Å². The number of ether oxygens (including phenoxy) is 2. The lowest BCUT2D eigenvalue weighted by Crippen LogP contribution is -2.46. The SMILES string of the molecule is CCOc1cc(/C=C2\SC(=O)N(CC(=O)N3CCOCC3)C2=O)ccc1OS(=O)(=O)c1ccc(NC(C)=O)cc1. The molecule has 0 spiro atoms. The highest BCUT2D eigenvalue weighted by atomic mass is 32.2. The van der Waals surface area contributed by atoms with Crippen LogP contribution in [0.25, 0.3) is 6.08 Å². The second-order valence-corrected chi connectivity index (χ2v) is 11.2. The standard InChI is InChI=1S/C26H27N3O9S2/c1-3-37-22-14-18(4-9-21(22)38-40(34,35)20-7-5-19(6-8-20)27-17(2)30)15-23-25(32)29(26(33)39-23)16-24(31)28-10-12-36-13-11-28/h4-9,14-15H,3,10-13,16H2,1-2H3,(H,27,30)/b23-15-. The number of benzene rings is 2. The van der Waals surface area contributed by atoms with Crippen LogP contribution in [0.1, 0.15) is 19.4 Å². The molecule has 0 atom stereocenters. The van der Waals surface area contributed by atoms with Crippen molar-refractivity contribution < 1.29 is 41.3 Å². The molecule has 4 rings (SSSR count). The van der Waals surface area contributed by atoms with Gasteiger partial charge in [0, 0.05) is 25.7 Å². The summed E-state index contributed by atoms with van der Waals surface area (Å²) >= 11 is 0.710. The fourth-order valence-electron chi connectivity index (χ4n) is 3.86. The summed E-state index contributed by atoms with van der Waals surface area (Å²) in [5, 5.41) is 2.00. The molecule has 2 fully saturated rings. The van der Waals surface area contributed by atoms with Crippen molar-refractivity contribution in [3.8, 4) is 11.5 Å². The van der Waals surface area contributed by atoms with Crippen LogP contribution in [0.3, 0.4) is 0 Å². The Balaban J connectivity index is 1.50. The van der Waals surface area contributed by atoms with Gasteiger partial charge < -0.3 is 23.9 Å². The van der Waals surface area contributed by atoms with E-state index >= 15 is 0 Å². The smallest absolute Gasteiger partial charge is 0.339 e. The number of carbonyl (C=O) groups excluding carboxylic acids is 4. The van der Waals surface area contributed by atoms with Crippen LogP contribution in [0.2, 0.25) is 0 Å². The number of anilines is 1. The van der Waals surface area contributed by atoms with Crippen LogP contribution in [0.15, 0.2) is 52.3 Å². The van der Waals surface area contributed by atoms with Gasteiger partial charge in [-0.15, -0.1) is 0 Å². The van der Waals surface area contributed by atoms with E-state index in [9.17, 15) is 27.6 Å². The molecule has 0 unspecified atom stereocenters. The van der Waals surface area contributed by atoms with E-state index in [1.54, 1.807) is 11.8 Å². The molecule has 2 aliphatic heterocycles. The maximum absolute atomic E-state index is 12.9. The van der Waals surface area contributed by atoms with Gasteiger partial charge in [0.05, 0.1) is 24.7 Å². The predicted molar refractivity (Wildman–Crippen MR) is 146 cm³/mol. The van der Waals surface area contributed by atoms with Crippen LogP contribution < -0.4 is 14.2 Å². The number of morpholine rings is 1. The number of carbonyl (C=O) groups is 4. The number of amides is 4. The van der Waals surface area contributed by atoms with Gasteiger partial charge >= 0.3 is 10.1 Å². The summed E-state index contributed by atoms with van der Waals surface area (Å²) in [7, 11) is -4.24. The van der Waals surface area contributed by atoms with Gasteiger partial charge in [0.2, 0.25) is 11.8 Å². The van der Waals surface area contributed by atoms with E-state index in [0.717, 1.165) is 4.90 Å². The van der Waals surface area contributed by atoms with Crippen molar-refractivity contribution in [2.45, 2.75) is 18.7 Å². The first-order chi connectivity index (χ1) is 19.1. The van der Waals surface area contributed by atoms with Gasteiger partial charge in [0.25, 0.3) is 11.1 Å². The minimum atomic E-state index is -4.24. The Bertz CT molecular complexity index is 1450. The number of rotatable bonds is 9. The van der Waals surface area contributed by atoms with Crippen LogP contribution in [0.5, 0.6) is 11.5 Å². The highest BCUT2D eigenvalue weighted by Gasteiger charge is 2.37. The first-order valence-electron chi connectivity index (χ1n) is 12.3. The molecule has 212 valence electrons. The Labute approximate surface area is 235 Å². The Morgan fingerprint density at radius 1 is 1.07 bits per heavy atom. The van der Waals surface area contributed by atoms with Gasteiger partial charge in [-0.3, -0.25) is 24.1 Å². The highest BCUT2D eigenvalue weighted by Crippen LogP contribution is 2.35. The molecule has 0 aliphatic carbocycles. The Kier molecular flexibility index (Phi) is 9.12. The third-order valence-electron chi connectivity index (χ3n) is 5.76. The van der Waals surface area contributed by atoms with Gasteiger partial charge in [-0.05, 0) is 66.7 Å². The van der Waals surface area contributed by atoms with Crippen LogP contribution >= 0.6 is 11.8 Å². The molecule has 40 heavy (non-hydrogen) atoms. The zero-order chi connectivity index (χ0) is 28.9. The van der Waals surface area contributed by atoms with E-state index in [4.69, 9.17) is 13.7 Å². The van der Waals surface area contributed by atoms with E-state index < -0.39 is 21.3 Å². The third kappa shape index (κ3) is 7.00. The monoisotopic (exact) mass is 589 g/mol. The molecule has 2 heterocycles. The Morgan fingerprint density at radius 2 is 1.77 bits per heavy atom. The summed E-state index contributed by atoms with van der Waals surface area (Å²) < 4.78 is 41.9. The normalized spacial score (nSPS) is 16.8. The van der Waals surface area contributed by atoms with Crippen LogP contribution in [0.4, 0.5) is 10.5 Å². The molecule has 0 saturated carbocycles. The summed E-state index contributed by atoms with van der Waals surface area (Å²) in [4.78, 5) is 51.6. The zero-order valence-electron chi connectivity index (χ0n) is 21.7. The van der Waals surface area contributed by atoms with E-state index in [1.807, 2.05) is 0 Å². The lowest BCUT2D eigenvalue weighted by atomic mass is 10.2. The van der Waals surface area contributed by atoms with Gasteiger partial charge in [0.1, 0.15) is 11.4 Å².